The van der Waals surface area contributed by atoms with Gasteiger partial charge in [0.15, 0.2) is 0 Å². The van der Waals surface area contributed by atoms with Crippen LogP contribution < -0.4 is 5.73 Å². The summed E-state index contributed by atoms with van der Waals surface area (Å²) in [5, 5.41) is 9.10. The molecule has 0 saturated heterocycles. The summed E-state index contributed by atoms with van der Waals surface area (Å²) in [5.74, 6) is 1.23. The average molecular weight is 1090 g/mol. The number of nitrogens with two attached hydrogens (primary N) is 1. The van der Waals surface area contributed by atoms with Crippen LogP contribution in [0.3, 0.4) is 0 Å². The third kappa shape index (κ3) is 17.3. The van der Waals surface area contributed by atoms with Gasteiger partial charge >= 0.3 is 49.4 Å². The molecule has 222 valence electrons. The Kier molecular flexibility index (Phi) is 24.4. The maximum Gasteiger partial charge on any atom is 0 e. The Balaban J connectivity index is 0. The molecule has 0 atom stereocenters. The summed E-state index contributed by atoms with van der Waals surface area (Å²) in [7, 11) is 0.628. The first-order valence-electron chi connectivity index (χ1n) is 12.5. The van der Waals surface area contributed by atoms with E-state index in [4.69, 9.17) is 11.0 Å². The molecule has 1 amide bonds. The van der Waals surface area contributed by atoms with Gasteiger partial charge in [0.05, 0.1) is 16.9 Å². The standard InChI is InChI=1S/C11H12BrNO.C11H10BrN.C4H8I.C4H9.2HI.2V/c12-9-4-2-8(3-5-9)11(10(13)14)6-1-7-11;12-10-4-2-9(3-5-10)11(8-13)6-1-7-11;1-4(2,3)5;1-4(2)3;;;;/h2-5H,1,6-7H2,(H2,13,14);2-5H,1,6-7H2;1H2,2-3H3;1-3H3;2*1H;;/q;;2*-1;;;;+2/p-2. The van der Waals surface area contributed by atoms with Gasteiger partial charge < -0.3 is 18.6 Å². The van der Waals surface area contributed by atoms with Crippen molar-refractivity contribution < 1.29 is 32.8 Å². The maximum absolute atomic E-state index is 11.4. The van der Waals surface area contributed by atoms with Crippen molar-refractivity contribution in [3.8, 4) is 6.07 Å². The molecule has 2 fully saturated rings. The monoisotopic (exact) mass is 1080 g/mol. The molecule has 4 rings (SSSR count). The number of benzene rings is 2. The van der Waals surface area contributed by atoms with Crippen LogP contribution >= 0.6 is 94.4 Å². The van der Waals surface area contributed by atoms with Crippen molar-refractivity contribution in [3.05, 3.63) is 81.4 Å². The van der Waals surface area contributed by atoms with E-state index < -0.39 is 0 Å². The molecule has 0 spiro atoms. The van der Waals surface area contributed by atoms with E-state index in [0.717, 1.165) is 46.6 Å². The molecule has 2 aliphatic carbocycles. The zero-order chi connectivity index (χ0) is 30.3. The van der Waals surface area contributed by atoms with Crippen molar-refractivity contribution in [1.82, 2.24) is 0 Å². The second-order valence-electron chi connectivity index (χ2n) is 10.6. The molecule has 0 bridgehead atoms. The number of alkyl halides is 1. The molecule has 0 aliphatic heterocycles. The molecule has 2 N–H and O–H groups in total. The Morgan fingerprint density at radius 3 is 1.45 bits per heavy atom. The maximum atomic E-state index is 11.4. The molecule has 0 unspecified atom stereocenters. The fourth-order valence-electron chi connectivity index (χ4n) is 3.74. The van der Waals surface area contributed by atoms with Gasteiger partial charge in [-0.05, 0) is 67.5 Å². The van der Waals surface area contributed by atoms with Gasteiger partial charge in [0.1, 0.15) is 0 Å². The van der Waals surface area contributed by atoms with Crippen LogP contribution in [-0.4, -0.2) is 9.33 Å². The Bertz CT molecular complexity index is 1010. The van der Waals surface area contributed by atoms with E-state index in [2.05, 4.69) is 142 Å². The largest absolute Gasteiger partial charge is 0 e. The van der Waals surface area contributed by atoms with Gasteiger partial charge in [-0.3, -0.25) is 4.79 Å². The number of nitriles is 1. The number of carbonyl (C=O) groups excluding carboxylic acids is 1. The van der Waals surface area contributed by atoms with E-state index in [1.807, 2.05) is 48.5 Å². The summed E-state index contributed by atoms with van der Waals surface area (Å²) in [6.07, 6.45) is 6.10. The van der Waals surface area contributed by atoms with Crippen molar-refractivity contribution in [1.29, 1.82) is 5.26 Å². The SMILES string of the molecule is C[C-](C)C.N#CC1(c2ccc(Br)cc2)CCC1.NC(=O)C1(c2ccc(Br)cc2)CCC1.[CH2-]C(C)(C)I.[I][V][I].[V]. The molecule has 3 nitrogen and oxygen atoms in total. The van der Waals surface area contributed by atoms with Gasteiger partial charge in [-0.1, -0.05) is 76.4 Å². The first-order chi connectivity index (χ1) is 18.1. The molecular weight excluding hydrogens is 1050 g/mol. The van der Waals surface area contributed by atoms with Crippen LogP contribution in [0.5, 0.6) is 0 Å². The van der Waals surface area contributed by atoms with Gasteiger partial charge in [0.25, 0.3) is 0 Å². The topological polar surface area (TPSA) is 66.9 Å². The molecular formula is C30H39Br2I3N2OV2-2. The third-order valence-electron chi connectivity index (χ3n) is 5.89. The second-order valence-corrected chi connectivity index (χ2v) is 27.2. The zero-order valence-corrected chi connectivity index (χ0v) is 36.2. The van der Waals surface area contributed by atoms with E-state index in [1.54, 1.807) is 0 Å². The summed E-state index contributed by atoms with van der Waals surface area (Å²) in [4.78, 5) is 11.4. The number of rotatable bonds is 3. The van der Waals surface area contributed by atoms with Crippen molar-refractivity contribution in [2.24, 2.45) is 5.73 Å². The van der Waals surface area contributed by atoms with Crippen LogP contribution in [0.4, 0.5) is 0 Å². The Morgan fingerprint density at radius 1 is 0.950 bits per heavy atom. The van der Waals surface area contributed by atoms with Crippen LogP contribution in [0, 0.1) is 24.2 Å². The van der Waals surface area contributed by atoms with Gasteiger partial charge in [0.2, 0.25) is 5.91 Å². The molecule has 10 heteroatoms. The van der Waals surface area contributed by atoms with Gasteiger partial charge in [-0.15, -0.1) is 26.0 Å². The summed E-state index contributed by atoms with van der Waals surface area (Å²) in [6, 6.07) is 18.4. The quantitative estimate of drug-likeness (QED) is 0.189. The number of primary amides is 1. The van der Waals surface area contributed by atoms with Crippen LogP contribution in [0.2, 0.25) is 0 Å². The fraction of sp³-hybridized carbons (Fsp3) is 0.467. The zero-order valence-electron chi connectivity index (χ0n) is 23.8. The van der Waals surface area contributed by atoms with Crippen LogP contribution in [0.1, 0.15) is 84.3 Å². The molecule has 2 aliphatic rings. The molecule has 2 aromatic rings. The smallest absolute Gasteiger partial charge is 0 e. The van der Waals surface area contributed by atoms with E-state index in [-0.39, 0.29) is 38.7 Å². The summed E-state index contributed by atoms with van der Waals surface area (Å²) in [5.41, 5.74) is 7.14. The minimum atomic E-state index is -0.374. The first-order valence-corrected chi connectivity index (χ1v) is 24.2. The van der Waals surface area contributed by atoms with E-state index in [0.29, 0.717) is 9.47 Å². The molecule has 2 saturated carbocycles. The molecule has 0 heterocycles. The fourth-order valence-corrected chi connectivity index (χ4v) is 4.27. The number of carbonyl (C=O) groups is 1. The number of halogens is 5. The number of hydrogen-bond acceptors (Lipinski definition) is 2. The van der Waals surface area contributed by atoms with Gasteiger partial charge in [-0.2, -0.15) is 26.0 Å². The molecule has 1 radical (unpaired) electrons. The molecule has 40 heavy (non-hydrogen) atoms. The second kappa shape index (κ2) is 22.3. The van der Waals surface area contributed by atoms with Crippen LogP contribution in [0.25, 0.3) is 0 Å². The normalized spacial score (nSPS) is 15.4. The predicted molar refractivity (Wildman–Crippen MR) is 196 cm³/mol. The van der Waals surface area contributed by atoms with Crippen molar-refractivity contribution in [2.45, 2.75) is 87.4 Å². The van der Waals surface area contributed by atoms with Gasteiger partial charge in [0, 0.05) is 27.5 Å². The summed E-state index contributed by atoms with van der Waals surface area (Å²) in [6.45, 7) is 14.1. The summed E-state index contributed by atoms with van der Waals surface area (Å²) >= 11 is 13.8. The minimum Gasteiger partial charge on any atom is 0 e. The Morgan fingerprint density at radius 2 is 1.25 bits per heavy atom. The van der Waals surface area contributed by atoms with E-state index >= 15 is 0 Å². The predicted octanol–water partition coefficient (Wildman–Crippen LogP) is 11.2. The summed E-state index contributed by atoms with van der Waals surface area (Å²) < 4.78 is 2.32. The number of amides is 1. The van der Waals surface area contributed by atoms with Crippen molar-refractivity contribution >= 4 is 100 Å². The van der Waals surface area contributed by atoms with E-state index in [9.17, 15) is 4.79 Å². The Hall–Kier alpha value is 1.72. The molecule has 2 aromatic carbocycles. The molecule has 0 aromatic heterocycles. The van der Waals surface area contributed by atoms with E-state index in [1.165, 1.54) is 17.9 Å². The minimum absolute atomic E-state index is 0. The number of hydrogen-bond donors (Lipinski definition) is 1. The van der Waals surface area contributed by atoms with Crippen molar-refractivity contribution in [2.75, 3.05) is 0 Å². The average Bonchev–Trinajstić information content (AvgIpc) is 2.74. The van der Waals surface area contributed by atoms with Crippen molar-refractivity contribution in [3.63, 3.8) is 0 Å². The number of nitrogens with zero attached hydrogens (tertiary/aromatic N) is 1. The Labute approximate surface area is 314 Å². The first kappa shape index (κ1) is 43.8. The van der Waals surface area contributed by atoms with Crippen LogP contribution in [0.15, 0.2) is 57.5 Å². The van der Waals surface area contributed by atoms with Gasteiger partial charge in [-0.25, -0.2) is 0 Å². The third-order valence-corrected chi connectivity index (χ3v) is 6.95. The van der Waals surface area contributed by atoms with Crippen LogP contribution in [-0.2, 0) is 43.6 Å².